The molecule has 1 unspecified atom stereocenters. The molecule has 3 rings (SSSR count). The molecule has 1 aromatic carbocycles. The second kappa shape index (κ2) is 8.32. The van der Waals surface area contributed by atoms with Gasteiger partial charge >= 0.3 is 12.2 Å². The van der Waals surface area contributed by atoms with Crippen LogP contribution >= 0.6 is 11.6 Å². The normalized spacial score (nSPS) is 16.0. The van der Waals surface area contributed by atoms with E-state index in [1.165, 1.54) is 29.2 Å². The first-order valence-corrected chi connectivity index (χ1v) is 9.33. The molecule has 9 heteroatoms. The number of halogens is 4. The molecule has 2 amide bonds. The fourth-order valence-electron chi connectivity index (χ4n) is 3.03. The van der Waals surface area contributed by atoms with Gasteiger partial charge in [-0.2, -0.15) is 13.2 Å². The molecule has 1 fully saturated rings. The Hall–Kier alpha value is -2.74. The Labute approximate surface area is 171 Å². The molecule has 0 aliphatic carbocycles. The standard InChI is InChI=1S/C20H20ClF3N4O/c1-13-12-27(18-17(21)4-3-9-25-18)10-11-28(13)19(29)26-16-7-5-15(6-8-16)14(2)20(22,23)24/h3-9,14H,1,10-12H2,2H3,(H,26,29). The van der Waals surface area contributed by atoms with Gasteiger partial charge in [0.2, 0.25) is 0 Å². The van der Waals surface area contributed by atoms with Crippen LogP contribution in [0.15, 0.2) is 54.9 Å². The summed E-state index contributed by atoms with van der Waals surface area (Å²) in [6.07, 6.45) is -2.66. The van der Waals surface area contributed by atoms with Crippen molar-refractivity contribution in [2.24, 2.45) is 0 Å². The predicted octanol–water partition coefficient (Wildman–Crippen LogP) is 5.27. The van der Waals surface area contributed by atoms with E-state index in [2.05, 4.69) is 16.9 Å². The van der Waals surface area contributed by atoms with Crippen LogP contribution in [0.5, 0.6) is 0 Å². The third-order valence-electron chi connectivity index (χ3n) is 4.79. The number of nitrogens with one attached hydrogen (secondary N) is 1. The highest BCUT2D eigenvalue weighted by Crippen LogP contribution is 2.34. The molecule has 0 saturated carbocycles. The molecule has 0 bridgehead atoms. The minimum absolute atomic E-state index is 0.140. The average molecular weight is 425 g/mol. The Morgan fingerprint density at radius 2 is 1.93 bits per heavy atom. The zero-order valence-electron chi connectivity index (χ0n) is 15.7. The summed E-state index contributed by atoms with van der Waals surface area (Å²) >= 11 is 6.18. The number of aromatic nitrogens is 1. The Bertz CT molecular complexity index is 901. The van der Waals surface area contributed by atoms with Crippen molar-refractivity contribution in [3.05, 3.63) is 65.5 Å². The van der Waals surface area contributed by atoms with Gasteiger partial charge in [0.1, 0.15) is 5.82 Å². The number of carbonyl (C=O) groups excluding carboxylic acids is 1. The van der Waals surface area contributed by atoms with Gasteiger partial charge < -0.3 is 10.2 Å². The van der Waals surface area contributed by atoms with Gasteiger partial charge in [-0.05, 0) is 36.8 Å². The minimum Gasteiger partial charge on any atom is -0.348 e. The predicted molar refractivity (Wildman–Crippen MR) is 107 cm³/mol. The molecule has 5 nitrogen and oxygen atoms in total. The summed E-state index contributed by atoms with van der Waals surface area (Å²) in [6.45, 7) is 6.33. The number of pyridine rings is 1. The number of rotatable bonds is 3. The monoisotopic (exact) mass is 424 g/mol. The fraction of sp³-hybridized carbons (Fsp3) is 0.300. The zero-order chi connectivity index (χ0) is 21.2. The zero-order valence-corrected chi connectivity index (χ0v) is 16.5. The second-order valence-electron chi connectivity index (χ2n) is 6.76. The highest BCUT2D eigenvalue weighted by atomic mass is 35.5. The van der Waals surface area contributed by atoms with Gasteiger partial charge in [0, 0.05) is 30.7 Å². The maximum atomic E-state index is 12.8. The number of alkyl halides is 3. The summed E-state index contributed by atoms with van der Waals surface area (Å²) in [7, 11) is 0. The molecular formula is C20H20ClF3N4O. The molecule has 29 heavy (non-hydrogen) atoms. The van der Waals surface area contributed by atoms with Crippen molar-refractivity contribution in [2.75, 3.05) is 29.9 Å². The molecule has 1 atom stereocenters. The SMILES string of the molecule is C=C1CN(c2ncccc2Cl)CCN1C(=O)Nc1ccc(C(C)C(F)(F)F)cc1. The van der Waals surface area contributed by atoms with Gasteiger partial charge in [-0.1, -0.05) is 30.3 Å². The lowest BCUT2D eigenvalue weighted by Gasteiger charge is -2.37. The lowest BCUT2D eigenvalue weighted by Crippen LogP contribution is -2.48. The summed E-state index contributed by atoms with van der Waals surface area (Å²) in [5.41, 5.74) is 1.12. The van der Waals surface area contributed by atoms with Gasteiger partial charge in [0.25, 0.3) is 0 Å². The molecule has 0 radical (unpaired) electrons. The number of nitrogens with zero attached hydrogens (tertiary/aromatic N) is 3. The van der Waals surface area contributed by atoms with Crippen LogP contribution in [-0.2, 0) is 0 Å². The van der Waals surface area contributed by atoms with E-state index in [1.54, 1.807) is 18.3 Å². The Kier molecular flexibility index (Phi) is 6.02. The number of amides is 2. The van der Waals surface area contributed by atoms with Crippen molar-refractivity contribution in [1.29, 1.82) is 0 Å². The van der Waals surface area contributed by atoms with Crippen molar-refractivity contribution in [2.45, 2.75) is 19.0 Å². The first-order chi connectivity index (χ1) is 13.7. The summed E-state index contributed by atoms with van der Waals surface area (Å²) in [5.74, 6) is -0.941. The number of carbonyl (C=O) groups is 1. The van der Waals surface area contributed by atoms with Crippen molar-refractivity contribution < 1.29 is 18.0 Å². The lowest BCUT2D eigenvalue weighted by molar-refractivity contribution is -0.146. The van der Waals surface area contributed by atoms with E-state index in [0.29, 0.717) is 41.9 Å². The minimum atomic E-state index is -4.31. The number of benzene rings is 1. The number of anilines is 2. The van der Waals surface area contributed by atoms with Crippen LogP contribution in [0.1, 0.15) is 18.4 Å². The lowest BCUT2D eigenvalue weighted by atomic mass is 10.0. The molecule has 1 aliphatic heterocycles. The summed E-state index contributed by atoms with van der Waals surface area (Å²) in [4.78, 5) is 20.3. The summed E-state index contributed by atoms with van der Waals surface area (Å²) in [5, 5.41) is 3.22. The smallest absolute Gasteiger partial charge is 0.348 e. The largest absolute Gasteiger partial charge is 0.395 e. The fourth-order valence-corrected chi connectivity index (χ4v) is 3.28. The van der Waals surface area contributed by atoms with Crippen LogP contribution in [0.2, 0.25) is 5.02 Å². The highest BCUT2D eigenvalue weighted by Gasteiger charge is 2.36. The van der Waals surface area contributed by atoms with Gasteiger partial charge in [0.05, 0.1) is 17.5 Å². The van der Waals surface area contributed by atoms with Crippen molar-refractivity contribution in [1.82, 2.24) is 9.88 Å². The molecule has 1 N–H and O–H groups in total. The number of hydrogen-bond acceptors (Lipinski definition) is 3. The van der Waals surface area contributed by atoms with Gasteiger partial charge in [-0.25, -0.2) is 9.78 Å². The maximum Gasteiger partial charge on any atom is 0.395 e. The Balaban J connectivity index is 1.62. The van der Waals surface area contributed by atoms with E-state index in [4.69, 9.17) is 11.6 Å². The number of urea groups is 1. The third kappa shape index (κ3) is 4.82. The van der Waals surface area contributed by atoms with Gasteiger partial charge in [-0.3, -0.25) is 4.90 Å². The molecule has 0 spiro atoms. The summed E-state index contributed by atoms with van der Waals surface area (Å²) in [6, 6.07) is 8.75. The Morgan fingerprint density at radius 1 is 1.24 bits per heavy atom. The van der Waals surface area contributed by atoms with Crippen LogP contribution in [0.25, 0.3) is 0 Å². The maximum absolute atomic E-state index is 12.8. The second-order valence-corrected chi connectivity index (χ2v) is 7.17. The molecule has 154 valence electrons. The van der Waals surface area contributed by atoms with E-state index >= 15 is 0 Å². The van der Waals surface area contributed by atoms with Gasteiger partial charge in [0.15, 0.2) is 0 Å². The Morgan fingerprint density at radius 3 is 2.52 bits per heavy atom. The molecule has 1 aromatic heterocycles. The molecule has 1 aliphatic rings. The first kappa shape index (κ1) is 21.0. The third-order valence-corrected chi connectivity index (χ3v) is 5.08. The van der Waals surface area contributed by atoms with Gasteiger partial charge in [-0.15, -0.1) is 0 Å². The van der Waals surface area contributed by atoms with E-state index in [0.717, 1.165) is 6.92 Å². The van der Waals surface area contributed by atoms with E-state index in [1.807, 2.05) is 4.90 Å². The molecular weight excluding hydrogens is 405 g/mol. The van der Waals surface area contributed by atoms with Crippen LogP contribution in [0.4, 0.5) is 29.5 Å². The van der Waals surface area contributed by atoms with Crippen molar-refractivity contribution in [3.8, 4) is 0 Å². The highest BCUT2D eigenvalue weighted by molar-refractivity contribution is 6.32. The first-order valence-electron chi connectivity index (χ1n) is 8.95. The number of piperazine rings is 1. The summed E-state index contributed by atoms with van der Waals surface area (Å²) < 4.78 is 38.4. The molecule has 2 heterocycles. The molecule has 1 saturated heterocycles. The van der Waals surface area contributed by atoms with E-state index in [-0.39, 0.29) is 5.56 Å². The van der Waals surface area contributed by atoms with Crippen molar-refractivity contribution >= 4 is 29.1 Å². The van der Waals surface area contributed by atoms with Crippen LogP contribution in [-0.4, -0.2) is 41.7 Å². The molecule has 2 aromatic rings. The van der Waals surface area contributed by atoms with E-state index < -0.39 is 18.1 Å². The average Bonchev–Trinajstić information content (AvgIpc) is 2.67. The number of hydrogen-bond donors (Lipinski definition) is 1. The van der Waals surface area contributed by atoms with Crippen LogP contribution in [0, 0.1) is 0 Å². The van der Waals surface area contributed by atoms with Crippen LogP contribution in [0.3, 0.4) is 0 Å². The topological polar surface area (TPSA) is 48.5 Å². The van der Waals surface area contributed by atoms with Crippen molar-refractivity contribution in [3.63, 3.8) is 0 Å². The van der Waals surface area contributed by atoms with Crippen LogP contribution < -0.4 is 10.2 Å². The van der Waals surface area contributed by atoms with E-state index in [9.17, 15) is 18.0 Å². The quantitative estimate of drug-likeness (QED) is 0.730.